The molecule has 4 rings (SSSR count). The van der Waals surface area contributed by atoms with Gasteiger partial charge in [0.25, 0.3) is 0 Å². The summed E-state index contributed by atoms with van der Waals surface area (Å²) >= 11 is 10.7. The number of ether oxygens (including phenoxy) is 7. The lowest BCUT2D eigenvalue weighted by Gasteiger charge is -2.39. The fraction of sp³-hybridized carbons (Fsp3) is 0.976. The van der Waals surface area contributed by atoms with E-state index in [4.69, 9.17) is 45.4 Å². The average Bonchev–Trinajstić information content (AvgIpc) is 3.36. The number of nitrogens with one attached hydrogen (secondary N) is 2. The van der Waals surface area contributed by atoms with Crippen LogP contribution in [0.3, 0.4) is 0 Å². The normalized spacial score (nSPS) is 38.7. The Hall–Kier alpha value is 0.210. The number of thiocarbonyl (C=S) groups is 1. The van der Waals surface area contributed by atoms with Gasteiger partial charge in [-0.1, -0.05) is 6.92 Å². The Balaban J connectivity index is 1.36. The first kappa shape index (κ1) is 63.7. The largest absolute Gasteiger partial charge is 0.394 e. The van der Waals surface area contributed by atoms with Crippen LogP contribution in [0.15, 0.2) is 0 Å². The van der Waals surface area contributed by atoms with Crippen LogP contribution in [0.5, 0.6) is 0 Å². The molecule has 4 heterocycles. The van der Waals surface area contributed by atoms with Gasteiger partial charge in [-0.3, -0.25) is 0 Å². The zero-order chi connectivity index (χ0) is 52.3. The van der Waals surface area contributed by atoms with E-state index in [-0.39, 0.29) is 46.2 Å². The van der Waals surface area contributed by atoms with Gasteiger partial charge in [-0.05, 0) is 48.7 Å². The molecule has 0 aliphatic carbocycles. The van der Waals surface area contributed by atoms with Gasteiger partial charge in [0, 0.05) is 50.3 Å². The minimum Gasteiger partial charge on any atom is -0.394 e. The van der Waals surface area contributed by atoms with Crippen LogP contribution in [0.25, 0.3) is 0 Å². The van der Waals surface area contributed by atoms with Crippen molar-refractivity contribution in [2.24, 2.45) is 11.3 Å². The lowest BCUT2D eigenvalue weighted by atomic mass is 9.90. The van der Waals surface area contributed by atoms with Crippen molar-refractivity contribution in [3.05, 3.63) is 0 Å². The second-order valence-corrected chi connectivity index (χ2v) is 23.2. The van der Waals surface area contributed by atoms with E-state index in [0.29, 0.717) is 59.7 Å². The van der Waals surface area contributed by atoms with Crippen molar-refractivity contribution in [1.82, 2.24) is 10.6 Å². The van der Waals surface area contributed by atoms with E-state index in [9.17, 15) is 76.6 Å². The maximum absolute atomic E-state index is 10.5. The molecule has 24 nitrogen and oxygen atoms in total. The second-order valence-electron chi connectivity index (χ2n) is 18.0. The first-order valence-corrected chi connectivity index (χ1v) is 28.4. The molecule has 418 valence electrons. The van der Waals surface area contributed by atoms with E-state index >= 15 is 0 Å². The Morgan fingerprint density at radius 2 is 0.887 bits per heavy atom. The minimum absolute atomic E-state index is 0.0917. The third-order valence-corrected chi connectivity index (χ3v) is 17.5. The maximum atomic E-state index is 10.5. The van der Waals surface area contributed by atoms with Crippen LogP contribution < -0.4 is 10.6 Å². The summed E-state index contributed by atoms with van der Waals surface area (Å²) in [5.74, 6) is 1.87. The van der Waals surface area contributed by atoms with Gasteiger partial charge < -0.3 is 120 Å². The Morgan fingerprint density at radius 3 is 1.27 bits per heavy atom. The van der Waals surface area contributed by atoms with E-state index in [0.717, 1.165) is 0 Å². The third kappa shape index (κ3) is 19.3. The van der Waals surface area contributed by atoms with Gasteiger partial charge in [-0.2, -0.15) is 11.8 Å². The molecule has 29 heteroatoms. The molecule has 4 aliphatic rings. The van der Waals surface area contributed by atoms with Crippen LogP contribution in [0.2, 0.25) is 0 Å². The topological polar surface area (TPSA) is 392 Å². The molecule has 8 unspecified atom stereocenters. The molecule has 0 spiro atoms. The molecule has 4 fully saturated rings. The predicted octanol–water partition coefficient (Wildman–Crippen LogP) is -5.94. The molecule has 20 atom stereocenters. The molecular weight excluding hydrogens is 1040 g/mol. The lowest BCUT2D eigenvalue weighted by molar-refractivity contribution is -0.260. The van der Waals surface area contributed by atoms with Crippen molar-refractivity contribution in [2.45, 2.75) is 140 Å². The second kappa shape index (κ2) is 32.8. The monoisotopic (exact) mass is 1120 g/mol. The van der Waals surface area contributed by atoms with E-state index in [1.165, 1.54) is 47.0 Å². The summed E-state index contributed by atoms with van der Waals surface area (Å²) in [5, 5.41) is 158. The van der Waals surface area contributed by atoms with Crippen LogP contribution in [0.4, 0.5) is 0 Å². The number of rotatable bonds is 31. The zero-order valence-electron chi connectivity index (χ0n) is 39.6. The van der Waals surface area contributed by atoms with Crippen LogP contribution in [-0.4, -0.2) is 297 Å². The summed E-state index contributed by atoms with van der Waals surface area (Å²) in [7, 11) is 0. The van der Waals surface area contributed by atoms with E-state index in [1.807, 2.05) is 0 Å². The fourth-order valence-corrected chi connectivity index (χ4v) is 12.4. The first-order chi connectivity index (χ1) is 33.9. The predicted molar refractivity (Wildman–Crippen MR) is 265 cm³/mol. The Bertz CT molecular complexity index is 1360. The van der Waals surface area contributed by atoms with Gasteiger partial charge in [-0.15, -0.1) is 35.3 Å². The van der Waals surface area contributed by atoms with Crippen molar-refractivity contribution < 1.29 is 110 Å². The maximum Gasteiger partial charge on any atom is 0.183 e. The van der Waals surface area contributed by atoms with Gasteiger partial charge in [0.05, 0.1) is 57.3 Å². The van der Waals surface area contributed by atoms with Gasteiger partial charge in [-0.25, -0.2) is 0 Å². The van der Waals surface area contributed by atoms with Crippen LogP contribution in [-0.2, 0) is 33.2 Å². The smallest absolute Gasteiger partial charge is 0.183 e. The molecule has 0 bridgehead atoms. The molecule has 4 saturated heterocycles. The number of aliphatic hydroxyl groups excluding tert-OH is 15. The molecule has 17 N–H and O–H groups in total. The zero-order valence-corrected chi connectivity index (χ0v) is 43.7. The highest BCUT2D eigenvalue weighted by Gasteiger charge is 2.46. The minimum atomic E-state index is -1.50. The molecule has 0 aromatic carbocycles. The first-order valence-electron chi connectivity index (χ1n) is 23.7. The SMILES string of the molecule is C[C@@H]1C(CSCCNC(=S)NCC(COCCCS[C@H]2OC(CO)[C@@H](O)C(O)[C@H]2O)(COCCCS[C@H]2OC(CO)[C@@H](O)C(O)[C@H]2O)COCCCS[C@H]2OC(CO)[C@@H](O)C(O)[C@H]2O)O[C@H](O)[C@@H](O)C1O. The van der Waals surface area contributed by atoms with Crippen LogP contribution in [0.1, 0.15) is 26.2 Å². The van der Waals surface area contributed by atoms with Gasteiger partial charge in [0.15, 0.2) is 11.4 Å². The van der Waals surface area contributed by atoms with E-state index in [2.05, 4.69) is 10.6 Å². The Labute approximate surface area is 435 Å². The van der Waals surface area contributed by atoms with Gasteiger partial charge >= 0.3 is 0 Å². The van der Waals surface area contributed by atoms with Gasteiger partial charge in [0.1, 0.15) is 95.7 Å². The summed E-state index contributed by atoms with van der Waals surface area (Å²) in [4.78, 5) is 0. The molecule has 71 heavy (non-hydrogen) atoms. The highest BCUT2D eigenvalue weighted by atomic mass is 32.2. The lowest BCUT2D eigenvalue weighted by Crippen LogP contribution is -2.57. The van der Waals surface area contributed by atoms with Crippen LogP contribution >= 0.6 is 59.3 Å². The standard InChI is InChI=1S/C42H78N2O22S5/c1-21-25(63-37(59)33(55)26(21)48)16-68-12-5-43-41(67)44-17-42(18-60-6-2-9-69-38-34(56)30(52)27(49)22(13-45)64-38,19-61-7-3-10-70-39-35(57)31(53)28(50)23(14-46)65-39)20-62-8-4-11-71-40-36(58)32(54)29(51)24(15-47)66-40/h21-40,45-59H,2-20H2,1H3,(H2,43,44,67)/t21-,22?,23?,24?,25?,26?,27-,28-,29-,30?,31?,32?,33+,34-,35-,36-,37+,38-,39-,40-,42?/m1/s1. The number of aliphatic hydroxyl groups is 15. The van der Waals surface area contributed by atoms with E-state index in [1.54, 1.807) is 6.92 Å². The summed E-state index contributed by atoms with van der Waals surface area (Å²) < 4.78 is 41.0. The number of thioether (sulfide) groups is 4. The number of hydrogen-bond donors (Lipinski definition) is 17. The Morgan fingerprint density at radius 1 is 0.493 bits per heavy atom. The fourth-order valence-electron chi connectivity index (χ4n) is 7.88. The summed E-state index contributed by atoms with van der Waals surface area (Å²) in [5.41, 5.74) is -3.60. The third-order valence-electron chi connectivity index (χ3n) is 12.4. The quantitative estimate of drug-likeness (QED) is 0.0227. The van der Waals surface area contributed by atoms with Crippen molar-refractivity contribution in [3.63, 3.8) is 0 Å². The summed E-state index contributed by atoms with van der Waals surface area (Å²) in [6.07, 6.45) is -19.3. The molecule has 0 radical (unpaired) electrons. The molecule has 4 aliphatic heterocycles. The van der Waals surface area contributed by atoms with Gasteiger partial charge in [0.2, 0.25) is 0 Å². The number of hydrogen-bond acceptors (Lipinski definition) is 27. The van der Waals surface area contributed by atoms with Crippen molar-refractivity contribution >= 4 is 64.4 Å². The van der Waals surface area contributed by atoms with Crippen molar-refractivity contribution in [2.75, 3.05) is 101 Å². The molecule has 0 aromatic heterocycles. The van der Waals surface area contributed by atoms with Crippen LogP contribution in [0, 0.1) is 11.3 Å². The molecular formula is C42H78N2O22S5. The van der Waals surface area contributed by atoms with Crippen molar-refractivity contribution in [3.8, 4) is 0 Å². The molecule has 0 aromatic rings. The molecule has 0 amide bonds. The van der Waals surface area contributed by atoms with E-state index < -0.39 is 145 Å². The summed E-state index contributed by atoms with van der Waals surface area (Å²) in [6.45, 7) is 1.70. The average molecular weight is 1120 g/mol. The highest BCUT2D eigenvalue weighted by molar-refractivity contribution is 8.00. The highest BCUT2D eigenvalue weighted by Crippen LogP contribution is 2.32. The van der Waals surface area contributed by atoms with Crippen molar-refractivity contribution in [1.29, 1.82) is 0 Å². The summed E-state index contributed by atoms with van der Waals surface area (Å²) in [6, 6.07) is 0. The molecule has 0 saturated carbocycles. The Kier molecular flexibility index (Phi) is 29.5.